The highest BCUT2D eigenvalue weighted by Gasteiger charge is 2.21. The molecule has 0 fully saturated rings. The minimum Gasteiger partial charge on any atom is -0.345 e. The lowest BCUT2D eigenvalue weighted by molar-refractivity contribution is 0.0933. The van der Waals surface area contributed by atoms with Gasteiger partial charge in [0.15, 0.2) is 0 Å². The van der Waals surface area contributed by atoms with E-state index in [1.807, 2.05) is 36.6 Å². The molecular weight excluding hydrogens is 346 g/mol. The number of pyridine rings is 2. The van der Waals surface area contributed by atoms with Crippen LogP contribution in [0.4, 0.5) is 0 Å². The first-order valence-corrected chi connectivity index (χ1v) is 9.30. The second-order valence-electron chi connectivity index (χ2n) is 6.36. The van der Waals surface area contributed by atoms with E-state index in [0.29, 0.717) is 12.0 Å². The Balaban J connectivity index is 1.93. The Morgan fingerprint density at radius 2 is 2.15 bits per heavy atom. The highest BCUT2D eigenvalue weighted by atomic mass is 32.1. The second-order valence-corrected chi connectivity index (χ2v) is 7.14. The van der Waals surface area contributed by atoms with Crippen LogP contribution in [0.3, 0.4) is 0 Å². The van der Waals surface area contributed by atoms with E-state index in [1.165, 1.54) is 4.57 Å². The number of rotatable bonds is 5. The summed E-state index contributed by atoms with van der Waals surface area (Å²) in [4.78, 5) is 29.7. The van der Waals surface area contributed by atoms with Gasteiger partial charge < -0.3 is 9.88 Å². The Bertz CT molecular complexity index is 963. The first-order chi connectivity index (χ1) is 12.5. The maximum absolute atomic E-state index is 12.9. The minimum atomic E-state index is -0.354. The molecule has 0 spiro atoms. The van der Waals surface area contributed by atoms with Gasteiger partial charge in [-0.25, -0.2) is 0 Å². The molecule has 0 radical (unpaired) electrons. The number of thiophene rings is 1. The molecule has 0 bridgehead atoms. The third-order valence-corrected chi connectivity index (χ3v) is 5.24. The Hall–Kier alpha value is -2.73. The molecule has 1 N–H and O–H groups in total. The molecule has 0 unspecified atom stereocenters. The molecule has 1 atom stereocenters. The van der Waals surface area contributed by atoms with Crippen molar-refractivity contribution < 1.29 is 4.79 Å². The molecule has 0 aliphatic heterocycles. The van der Waals surface area contributed by atoms with Gasteiger partial charge in [0.1, 0.15) is 5.56 Å². The number of hydrogen-bond donors (Lipinski definition) is 1. The van der Waals surface area contributed by atoms with Crippen LogP contribution in [0.1, 0.15) is 38.8 Å². The summed E-state index contributed by atoms with van der Waals surface area (Å²) in [6.45, 7) is 3.65. The number of nitrogens with one attached hydrogen (secondary N) is 1. The van der Waals surface area contributed by atoms with Crippen molar-refractivity contribution in [3.8, 4) is 0 Å². The number of carbonyl (C=O) groups is 1. The van der Waals surface area contributed by atoms with Crippen molar-refractivity contribution in [3.63, 3.8) is 0 Å². The van der Waals surface area contributed by atoms with Gasteiger partial charge in [-0.1, -0.05) is 6.07 Å². The number of carbonyl (C=O) groups excluding carboxylic acids is 1. The predicted molar refractivity (Wildman–Crippen MR) is 104 cm³/mol. The summed E-state index contributed by atoms with van der Waals surface area (Å²) in [5, 5.41) is 7.10. The van der Waals surface area contributed by atoms with Crippen LogP contribution in [0.15, 0.2) is 52.2 Å². The Morgan fingerprint density at radius 3 is 2.81 bits per heavy atom. The van der Waals surface area contributed by atoms with Crippen LogP contribution in [0.2, 0.25) is 0 Å². The molecule has 134 valence electrons. The van der Waals surface area contributed by atoms with Gasteiger partial charge in [0.2, 0.25) is 0 Å². The molecule has 1 amide bonds. The van der Waals surface area contributed by atoms with E-state index in [1.54, 1.807) is 37.7 Å². The van der Waals surface area contributed by atoms with Gasteiger partial charge in [-0.15, -0.1) is 0 Å². The lowest BCUT2D eigenvalue weighted by Gasteiger charge is -2.19. The van der Waals surface area contributed by atoms with E-state index in [2.05, 4.69) is 15.7 Å². The smallest absolute Gasteiger partial charge is 0.263 e. The van der Waals surface area contributed by atoms with E-state index < -0.39 is 0 Å². The maximum Gasteiger partial charge on any atom is 0.263 e. The van der Waals surface area contributed by atoms with Gasteiger partial charge >= 0.3 is 0 Å². The van der Waals surface area contributed by atoms with Crippen LogP contribution in [0, 0.1) is 13.8 Å². The van der Waals surface area contributed by atoms with E-state index in [4.69, 9.17) is 0 Å². The van der Waals surface area contributed by atoms with Gasteiger partial charge in [-0.05, 0) is 65.9 Å². The molecule has 0 aliphatic rings. The molecule has 0 saturated heterocycles. The number of aryl methyl sites for hydroxylation is 2. The summed E-state index contributed by atoms with van der Waals surface area (Å²) < 4.78 is 1.50. The molecule has 6 heteroatoms. The van der Waals surface area contributed by atoms with Crippen LogP contribution >= 0.6 is 11.3 Å². The second kappa shape index (κ2) is 7.66. The van der Waals surface area contributed by atoms with Crippen LogP contribution in [0.5, 0.6) is 0 Å². The average Bonchev–Trinajstić information content (AvgIpc) is 3.13. The molecule has 5 nitrogen and oxygen atoms in total. The number of nitrogens with zero attached hydrogens (tertiary/aromatic N) is 2. The highest BCUT2D eigenvalue weighted by Crippen LogP contribution is 2.20. The predicted octanol–water partition coefficient (Wildman–Crippen LogP) is 3.17. The Labute approximate surface area is 156 Å². The van der Waals surface area contributed by atoms with Crippen molar-refractivity contribution in [1.29, 1.82) is 0 Å². The number of aromatic nitrogens is 2. The summed E-state index contributed by atoms with van der Waals surface area (Å²) in [6, 6.07) is 7.42. The standard InChI is InChI=1S/C20H21N3O2S/c1-13-9-14(2)23(3)20(25)18(13)19(24)22-17(10-15-6-8-26-12-15)16-5-4-7-21-11-16/h4-9,11-12,17H,10H2,1-3H3,(H,22,24)/t17-/m0/s1. The van der Waals surface area contributed by atoms with Gasteiger partial charge in [0.25, 0.3) is 11.5 Å². The summed E-state index contributed by atoms with van der Waals surface area (Å²) in [6.07, 6.45) is 4.09. The number of hydrogen-bond acceptors (Lipinski definition) is 4. The molecule has 26 heavy (non-hydrogen) atoms. The zero-order chi connectivity index (χ0) is 18.7. The van der Waals surface area contributed by atoms with Crippen molar-refractivity contribution >= 4 is 17.2 Å². The summed E-state index contributed by atoms with van der Waals surface area (Å²) in [5.74, 6) is -0.354. The van der Waals surface area contributed by atoms with Gasteiger partial charge in [0, 0.05) is 25.1 Å². The van der Waals surface area contributed by atoms with Crippen molar-refractivity contribution in [3.05, 3.63) is 85.7 Å². The number of amides is 1. The molecule has 0 saturated carbocycles. The fourth-order valence-corrected chi connectivity index (χ4v) is 3.65. The van der Waals surface area contributed by atoms with Gasteiger partial charge in [-0.3, -0.25) is 14.6 Å². The zero-order valence-corrected chi connectivity index (χ0v) is 15.8. The minimum absolute atomic E-state index is 0.192. The van der Waals surface area contributed by atoms with Crippen molar-refractivity contribution in [1.82, 2.24) is 14.9 Å². The lowest BCUT2D eigenvalue weighted by Crippen LogP contribution is -2.36. The SMILES string of the molecule is Cc1cc(C)n(C)c(=O)c1C(=O)N[C@@H](Cc1ccsc1)c1cccnc1. The molecule has 3 aromatic heterocycles. The molecule has 3 heterocycles. The average molecular weight is 367 g/mol. The van der Waals surface area contributed by atoms with E-state index in [9.17, 15) is 9.59 Å². The maximum atomic E-state index is 12.9. The quantitative estimate of drug-likeness (QED) is 0.753. The molecule has 3 aromatic rings. The van der Waals surface area contributed by atoms with Gasteiger partial charge in [0.05, 0.1) is 6.04 Å². The van der Waals surface area contributed by atoms with E-state index in [0.717, 1.165) is 16.8 Å². The topological polar surface area (TPSA) is 64.0 Å². The van der Waals surface area contributed by atoms with Gasteiger partial charge in [-0.2, -0.15) is 11.3 Å². The first kappa shape index (κ1) is 18.1. The third kappa shape index (κ3) is 3.75. The normalized spacial score (nSPS) is 12.0. The Kier molecular flexibility index (Phi) is 5.32. The highest BCUT2D eigenvalue weighted by molar-refractivity contribution is 7.07. The summed E-state index contributed by atoms with van der Waals surface area (Å²) >= 11 is 1.62. The fourth-order valence-electron chi connectivity index (χ4n) is 2.96. The monoisotopic (exact) mass is 367 g/mol. The van der Waals surface area contributed by atoms with Crippen molar-refractivity contribution in [2.24, 2.45) is 7.05 Å². The molecular formula is C20H21N3O2S. The van der Waals surface area contributed by atoms with Crippen LogP contribution in [-0.4, -0.2) is 15.5 Å². The summed E-state index contributed by atoms with van der Waals surface area (Å²) in [5.41, 5.74) is 3.47. The first-order valence-electron chi connectivity index (χ1n) is 8.36. The Morgan fingerprint density at radius 1 is 1.35 bits per heavy atom. The van der Waals surface area contributed by atoms with Crippen molar-refractivity contribution in [2.45, 2.75) is 26.3 Å². The molecule has 0 aliphatic carbocycles. The van der Waals surface area contributed by atoms with Crippen LogP contribution in [-0.2, 0) is 13.5 Å². The van der Waals surface area contributed by atoms with E-state index >= 15 is 0 Å². The zero-order valence-electron chi connectivity index (χ0n) is 15.0. The largest absolute Gasteiger partial charge is 0.345 e. The lowest BCUT2D eigenvalue weighted by atomic mass is 10.0. The molecule has 3 rings (SSSR count). The van der Waals surface area contributed by atoms with Crippen molar-refractivity contribution in [2.75, 3.05) is 0 Å². The third-order valence-electron chi connectivity index (χ3n) is 4.51. The van der Waals surface area contributed by atoms with Crippen LogP contribution in [0.25, 0.3) is 0 Å². The summed E-state index contributed by atoms with van der Waals surface area (Å²) in [7, 11) is 1.68. The molecule has 0 aromatic carbocycles. The fraction of sp³-hybridized carbons (Fsp3) is 0.250. The van der Waals surface area contributed by atoms with Crippen LogP contribution < -0.4 is 10.9 Å². The van der Waals surface area contributed by atoms with E-state index in [-0.39, 0.29) is 23.1 Å².